The van der Waals surface area contributed by atoms with E-state index in [1.165, 1.54) is 0 Å². The number of aromatic nitrogens is 4. The van der Waals surface area contributed by atoms with E-state index < -0.39 is 0 Å². The van der Waals surface area contributed by atoms with Gasteiger partial charge in [-0.1, -0.05) is 24.3 Å². The first kappa shape index (κ1) is 15.2. The first-order valence-electron chi connectivity index (χ1n) is 9.30. The number of nitrogens with zero attached hydrogens (tertiary/aromatic N) is 6. The number of hydrogen-bond acceptors (Lipinski definition) is 4. The van der Waals surface area contributed by atoms with Crippen LogP contribution in [0.1, 0.15) is 11.1 Å². The third kappa shape index (κ3) is 1.85. The minimum atomic E-state index is 0.618. The number of para-hydroxylation sites is 4. The Morgan fingerprint density at radius 2 is 1.64 bits per heavy atom. The van der Waals surface area contributed by atoms with Crippen LogP contribution in [0.25, 0.3) is 27.7 Å². The number of aryl methyl sites for hydroxylation is 1. The van der Waals surface area contributed by atoms with Crippen molar-refractivity contribution in [2.75, 3.05) is 11.4 Å². The Morgan fingerprint density at radius 3 is 2.43 bits per heavy atom. The van der Waals surface area contributed by atoms with Crippen LogP contribution < -0.4 is 4.90 Å². The highest BCUT2D eigenvalue weighted by Gasteiger charge is 2.28. The van der Waals surface area contributed by atoms with Crippen molar-refractivity contribution in [1.29, 1.82) is 5.26 Å². The van der Waals surface area contributed by atoms with Gasteiger partial charge < -0.3 is 4.57 Å². The number of fused-ring (bicyclic) bond motifs is 6. The topological polar surface area (TPSA) is 62.1 Å². The summed E-state index contributed by atoms with van der Waals surface area (Å²) in [6, 6.07) is 20.7. The second-order valence-corrected chi connectivity index (χ2v) is 7.14. The highest BCUT2D eigenvalue weighted by molar-refractivity contribution is 5.87. The van der Waals surface area contributed by atoms with Crippen molar-refractivity contribution in [3.8, 4) is 6.07 Å². The molecule has 6 rings (SSSR count). The zero-order valence-corrected chi connectivity index (χ0v) is 15.3. The van der Waals surface area contributed by atoms with Crippen LogP contribution >= 0.6 is 0 Å². The number of rotatable bonds is 1. The molecule has 1 aliphatic rings. The molecule has 0 radical (unpaired) electrons. The predicted molar refractivity (Wildman–Crippen MR) is 109 cm³/mol. The standard InChI is InChI=1S/C22H16N6/c1-14-12-20(27-11-10-26-18-8-4-2-6-16(18)25-22(26)27)28-19-9-5-3-7-17(19)24-21(28)15(14)13-23/h2-9,12H,10-11H2,1H3. The van der Waals surface area contributed by atoms with Gasteiger partial charge in [0.2, 0.25) is 5.95 Å². The van der Waals surface area contributed by atoms with E-state index in [0.717, 1.165) is 52.5 Å². The lowest BCUT2D eigenvalue weighted by molar-refractivity contribution is 0.822. The summed E-state index contributed by atoms with van der Waals surface area (Å²) in [6.07, 6.45) is 0. The van der Waals surface area contributed by atoms with Crippen molar-refractivity contribution in [1.82, 2.24) is 18.9 Å². The van der Waals surface area contributed by atoms with Gasteiger partial charge in [0.1, 0.15) is 11.9 Å². The molecule has 3 aromatic heterocycles. The maximum Gasteiger partial charge on any atom is 0.212 e. The average Bonchev–Trinajstić information content (AvgIpc) is 3.39. The second kappa shape index (κ2) is 5.33. The number of benzene rings is 2. The molecule has 0 amide bonds. The Labute approximate surface area is 160 Å². The van der Waals surface area contributed by atoms with E-state index >= 15 is 0 Å². The number of nitriles is 1. The van der Waals surface area contributed by atoms with Crippen LogP contribution in [0.3, 0.4) is 0 Å². The lowest BCUT2D eigenvalue weighted by atomic mass is 10.1. The van der Waals surface area contributed by atoms with Crippen LogP contribution in [-0.2, 0) is 6.54 Å². The largest absolute Gasteiger partial charge is 0.308 e. The fourth-order valence-electron chi connectivity index (χ4n) is 4.28. The highest BCUT2D eigenvalue weighted by atomic mass is 15.4. The van der Waals surface area contributed by atoms with Gasteiger partial charge in [-0.3, -0.25) is 9.30 Å². The molecule has 0 N–H and O–H groups in total. The summed E-state index contributed by atoms with van der Waals surface area (Å²) in [6.45, 7) is 3.68. The molecule has 6 heteroatoms. The normalized spacial score (nSPS) is 13.5. The maximum absolute atomic E-state index is 9.72. The summed E-state index contributed by atoms with van der Waals surface area (Å²) >= 11 is 0. The van der Waals surface area contributed by atoms with Crippen LogP contribution in [-0.4, -0.2) is 25.5 Å². The fourth-order valence-corrected chi connectivity index (χ4v) is 4.28. The van der Waals surface area contributed by atoms with Crippen molar-refractivity contribution in [2.24, 2.45) is 0 Å². The van der Waals surface area contributed by atoms with E-state index in [4.69, 9.17) is 9.97 Å². The molecule has 2 aromatic carbocycles. The lowest BCUT2D eigenvalue weighted by Crippen LogP contribution is -2.18. The summed E-state index contributed by atoms with van der Waals surface area (Å²) < 4.78 is 4.35. The minimum Gasteiger partial charge on any atom is -0.308 e. The zero-order valence-electron chi connectivity index (χ0n) is 15.3. The maximum atomic E-state index is 9.72. The Hall–Kier alpha value is -3.85. The van der Waals surface area contributed by atoms with Crippen LogP contribution in [0.4, 0.5) is 11.8 Å². The summed E-state index contributed by atoms with van der Waals surface area (Å²) in [5, 5.41) is 9.72. The predicted octanol–water partition coefficient (Wildman–Crippen LogP) is 4.17. The molecule has 134 valence electrons. The number of pyridine rings is 1. The molecule has 0 fully saturated rings. The van der Waals surface area contributed by atoms with Gasteiger partial charge in [0, 0.05) is 13.1 Å². The first-order valence-corrected chi connectivity index (χ1v) is 9.30. The van der Waals surface area contributed by atoms with Gasteiger partial charge in [0.05, 0.1) is 27.6 Å². The van der Waals surface area contributed by atoms with Crippen LogP contribution in [0, 0.1) is 18.3 Å². The molecule has 0 bridgehead atoms. The van der Waals surface area contributed by atoms with Gasteiger partial charge in [-0.2, -0.15) is 5.26 Å². The first-order chi connectivity index (χ1) is 13.8. The summed E-state index contributed by atoms with van der Waals surface area (Å²) in [5.41, 5.74) is 6.28. The van der Waals surface area contributed by atoms with Crippen LogP contribution in [0.15, 0.2) is 54.6 Å². The molecule has 1 aliphatic heterocycles. The number of anilines is 2. The molecule has 0 unspecified atom stereocenters. The summed E-state index contributed by atoms with van der Waals surface area (Å²) in [4.78, 5) is 11.9. The van der Waals surface area contributed by atoms with Crippen LogP contribution in [0.5, 0.6) is 0 Å². The smallest absolute Gasteiger partial charge is 0.212 e. The SMILES string of the molecule is Cc1cc(N2CCn3c2nc2ccccc23)n2c(nc3ccccc32)c1C#N. The summed E-state index contributed by atoms with van der Waals surface area (Å²) in [5.74, 6) is 1.93. The van der Waals surface area contributed by atoms with Gasteiger partial charge >= 0.3 is 0 Å². The lowest BCUT2D eigenvalue weighted by Gasteiger charge is -2.19. The Morgan fingerprint density at radius 1 is 0.929 bits per heavy atom. The molecule has 0 saturated heterocycles. The zero-order chi connectivity index (χ0) is 18.8. The fraction of sp³-hybridized carbons (Fsp3) is 0.136. The van der Waals surface area contributed by atoms with Gasteiger partial charge in [-0.25, -0.2) is 9.97 Å². The monoisotopic (exact) mass is 364 g/mol. The third-order valence-electron chi connectivity index (χ3n) is 5.56. The molecule has 6 nitrogen and oxygen atoms in total. The molecule has 0 saturated carbocycles. The van der Waals surface area contributed by atoms with Gasteiger partial charge in [0.15, 0.2) is 5.65 Å². The number of imidazole rings is 2. The summed E-state index contributed by atoms with van der Waals surface area (Å²) in [7, 11) is 0. The van der Waals surface area contributed by atoms with Crippen LogP contribution in [0.2, 0.25) is 0 Å². The molecule has 5 aromatic rings. The molecule has 0 atom stereocenters. The van der Waals surface area contributed by atoms with Gasteiger partial charge in [-0.05, 0) is 42.8 Å². The van der Waals surface area contributed by atoms with E-state index in [0.29, 0.717) is 11.2 Å². The second-order valence-electron chi connectivity index (χ2n) is 7.14. The molecule has 28 heavy (non-hydrogen) atoms. The third-order valence-corrected chi connectivity index (χ3v) is 5.56. The van der Waals surface area contributed by atoms with Crippen molar-refractivity contribution in [3.63, 3.8) is 0 Å². The van der Waals surface area contributed by atoms with E-state index in [1.807, 2.05) is 49.4 Å². The van der Waals surface area contributed by atoms with Gasteiger partial charge in [-0.15, -0.1) is 0 Å². The quantitative estimate of drug-likeness (QED) is 0.448. The average molecular weight is 364 g/mol. The van der Waals surface area contributed by atoms with Crippen molar-refractivity contribution < 1.29 is 0 Å². The molecule has 0 aliphatic carbocycles. The number of hydrogen-bond donors (Lipinski definition) is 0. The molecular formula is C22H16N6. The van der Waals surface area contributed by atoms with E-state index in [2.05, 4.69) is 32.1 Å². The van der Waals surface area contributed by atoms with Crippen molar-refractivity contribution in [2.45, 2.75) is 13.5 Å². The molecule has 4 heterocycles. The Bertz CT molecular complexity index is 1450. The molecular weight excluding hydrogens is 348 g/mol. The van der Waals surface area contributed by atoms with Gasteiger partial charge in [0.25, 0.3) is 0 Å². The van der Waals surface area contributed by atoms with E-state index in [-0.39, 0.29) is 0 Å². The Balaban J connectivity index is 1.70. The minimum absolute atomic E-state index is 0.618. The van der Waals surface area contributed by atoms with Crippen molar-refractivity contribution >= 4 is 39.5 Å². The molecule has 0 spiro atoms. The van der Waals surface area contributed by atoms with Crippen molar-refractivity contribution in [3.05, 3.63) is 65.7 Å². The Kier molecular flexibility index (Phi) is 2.90. The van der Waals surface area contributed by atoms with E-state index in [9.17, 15) is 5.26 Å². The highest BCUT2D eigenvalue weighted by Crippen LogP contribution is 2.36. The van der Waals surface area contributed by atoms with E-state index in [1.54, 1.807) is 0 Å².